The van der Waals surface area contributed by atoms with Crippen LogP contribution in [-0.4, -0.2) is 9.36 Å². The lowest BCUT2D eigenvalue weighted by molar-refractivity contribution is 0.945. The Bertz CT molecular complexity index is 210. The van der Waals surface area contributed by atoms with E-state index >= 15 is 0 Å². The molecule has 0 saturated carbocycles. The Kier molecular flexibility index (Phi) is 2.00. The highest BCUT2D eigenvalue weighted by atomic mass is 32.1. The van der Waals surface area contributed by atoms with Gasteiger partial charge in [-0.2, -0.15) is 4.37 Å². The van der Waals surface area contributed by atoms with Crippen molar-refractivity contribution in [1.82, 2.24) is 9.36 Å². The summed E-state index contributed by atoms with van der Waals surface area (Å²) in [6.45, 7) is 0.250. The SMILES string of the molecule is [N-]=[N+]=NCc1ncsn1. The summed E-state index contributed by atoms with van der Waals surface area (Å²) in [6.07, 6.45) is 0. The molecule has 0 aromatic carbocycles. The van der Waals surface area contributed by atoms with Gasteiger partial charge in [-0.15, -0.1) is 0 Å². The van der Waals surface area contributed by atoms with Crippen molar-refractivity contribution < 1.29 is 0 Å². The second-order valence-electron chi connectivity index (χ2n) is 1.24. The molecule has 0 fully saturated rings. The third-order valence-corrected chi connectivity index (χ3v) is 1.20. The molecule has 1 aromatic heterocycles. The van der Waals surface area contributed by atoms with E-state index < -0.39 is 0 Å². The second-order valence-corrected chi connectivity index (χ2v) is 1.84. The zero-order valence-corrected chi connectivity index (χ0v) is 5.25. The summed E-state index contributed by atoms with van der Waals surface area (Å²) in [6, 6.07) is 0. The summed E-state index contributed by atoms with van der Waals surface area (Å²) in [7, 11) is 0. The minimum atomic E-state index is 0.250. The summed E-state index contributed by atoms with van der Waals surface area (Å²) in [4.78, 5) is 6.36. The maximum Gasteiger partial charge on any atom is 0.148 e. The summed E-state index contributed by atoms with van der Waals surface area (Å²) < 4.78 is 3.82. The first-order valence-electron chi connectivity index (χ1n) is 2.19. The van der Waals surface area contributed by atoms with Crippen molar-refractivity contribution in [3.8, 4) is 0 Å². The zero-order chi connectivity index (χ0) is 6.53. The van der Waals surface area contributed by atoms with Gasteiger partial charge in [0, 0.05) is 4.91 Å². The van der Waals surface area contributed by atoms with E-state index in [-0.39, 0.29) is 6.54 Å². The minimum Gasteiger partial charge on any atom is -0.228 e. The highest BCUT2D eigenvalue weighted by molar-refractivity contribution is 7.03. The fourth-order valence-corrected chi connectivity index (χ4v) is 0.799. The van der Waals surface area contributed by atoms with Gasteiger partial charge in [-0.3, -0.25) is 0 Å². The van der Waals surface area contributed by atoms with Gasteiger partial charge in [0.15, 0.2) is 0 Å². The van der Waals surface area contributed by atoms with E-state index in [1.54, 1.807) is 5.51 Å². The van der Waals surface area contributed by atoms with E-state index in [4.69, 9.17) is 5.53 Å². The van der Waals surface area contributed by atoms with Crippen molar-refractivity contribution in [1.29, 1.82) is 0 Å². The summed E-state index contributed by atoms with van der Waals surface area (Å²) in [5.41, 5.74) is 9.47. The van der Waals surface area contributed by atoms with E-state index in [0.717, 1.165) is 0 Å². The van der Waals surface area contributed by atoms with E-state index in [0.29, 0.717) is 5.82 Å². The van der Waals surface area contributed by atoms with Crippen molar-refractivity contribution in [2.24, 2.45) is 5.11 Å². The van der Waals surface area contributed by atoms with E-state index in [1.165, 1.54) is 11.5 Å². The summed E-state index contributed by atoms with van der Waals surface area (Å²) >= 11 is 1.25. The molecule has 6 heteroatoms. The van der Waals surface area contributed by atoms with Crippen LogP contribution in [0.2, 0.25) is 0 Å². The molecular formula is C3H3N5S. The van der Waals surface area contributed by atoms with Crippen LogP contribution in [0.4, 0.5) is 0 Å². The number of hydrogen-bond donors (Lipinski definition) is 0. The van der Waals surface area contributed by atoms with Crippen molar-refractivity contribution in [3.63, 3.8) is 0 Å². The van der Waals surface area contributed by atoms with Gasteiger partial charge in [0.2, 0.25) is 0 Å². The lowest BCUT2D eigenvalue weighted by Crippen LogP contribution is -1.80. The van der Waals surface area contributed by atoms with Crippen LogP contribution >= 0.6 is 11.5 Å². The van der Waals surface area contributed by atoms with Crippen LogP contribution in [0.3, 0.4) is 0 Å². The molecular weight excluding hydrogens is 138 g/mol. The smallest absolute Gasteiger partial charge is 0.148 e. The van der Waals surface area contributed by atoms with Gasteiger partial charge in [0.1, 0.15) is 11.3 Å². The molecule has 46 valence electrons. The number of hydrogen-bond acceptors (Lipinski definition) is 4. The number of rotatable bonds is 2. The van der Waals surface area contributed by atoms with Crippen molar-refractivity contribution in [2.75, 3.05) is 0 Å². The Hall–Kier alpha value is -1.13. The maximum atomic E-state index is 7.87. The summed E-state index contributed by atoms with van der Waals surface area (Å²) in [5, 5.41) is 3.28. The predicted octanol–water partition coefficient (Wildman–Crippen LogP) is 1.35. The monoisotopic (exact) mass is 141 g/mol. The van der Waals surface area contributed by atoms with Gasteiger partial charge in [-0.25, -0.2) is 4.98 Å². The van der Waals surface area contributed by atoms with Gasteiger partial charge in [-0.1, -0.05) is 5.11 Å². The Morgan fingerprint density at radius 2 is 2.78 bits per heavy atom. The lowest BCUT2D eigenvalue weighted by atomic mass is 10.6. The van der Waals surface area contributed by atoms with Crippen LogP contribution in [0.25, 0.3) is 10.4 Å². The third kappa shape index (κ3) is 1.67. The average molecular weight is 141 g/mol. The number of nitrogens with zero attached hydrogens (tertiary/aromatic N) is 5. The van der Waals surface area contributed by atoms with E-state index in [9.17, 15) is 0 Å². The fraction of sp³-hybridized carbons (Fsp3) is 0.333. The molecule has 0 aliphatic heterocycles. The zero-order valence-electron chi connectivity index (χ0n) is 4.43. The molecule has 0 N–H and O–H groups in total. The van der Waals surface area contributed by atoms with Crippen LogP contribution in [0.15, 0.2) is 10.6 Å². The average Bonchev–Trinajstić information content (AvgIpc) is 2.34. The molecule has 1 aromatic rings. The van der Waals surface area contributed by atoms with Gasteiger partial charge >= 0.3 is 0 Å². The molecule has 0 saturated heterocycles. The van der Waals surface area contributed by atoms with Gasteiger partial charge in [0.05, 0.1) is 6.54 Å². The summed E-state index contributed by atoms with van der Waals surface area (Å²) in [5.74, 6) is 0.581. The normalized spacial score (nSPS) is 8.44. The fourth-order valence-electron chi connectivity index (χ4n) is 0.357. The number of aromatic nitrogens is 2. The van der Waals surface area contributed by atoms with Crippen LogP contribution in [0, 0.1) is 0 Å². The molecule has 5 nitrogen and oxygen atoms in total. The predicted molar refractivity (Wildman–Crippen MR) is 32.8 cm³/mol. The first-order valence-corrected chi connectivity index (χ1v) is 3.03. The maximum absolute atomic E-state index is 7.87. The molecule has 0 aliphatic carbocycles. The van der Waals surface area contributed by atoms with Crippen LogP contribution in [-0.2, 0) is 6.54 Å². The minimum absolute atomic E-state index is 0.250. The molecule has 0 amide bonds. The van der Waals surface area contributed by atoms with Crippen LogP contribution in [0.1, 0.15) is 5.82 Å². The van der Waals surface area contributed by atoms with Crippen LogP contribution < -0.4 is 0 Å². The molecule has 0 spiro atoms. The molecule has 1 heterocycles. The van der Waals surface area contributed by atoms with Gasteiger partial charge in [0.25, 0.3) is 0 Å². The molecule has 0 bridgehead atoms. The Morgan fingerprint density at radius 3 is 3.33 bits per heavy atom. The molecule has 0 unspecified atom stereocenters. The van der Waals surface area contributed by atoms with Crippen LogP contribution in [0.5, 0.6) is 0 Å². The van der Waals surface area contributed by atoms with Crippen molar-refractivity contribution >= 4 is 11.5 Å². The van der Waals surface area contributed by atoms with Gasteiger partial charge < -0.3 is 0 Å². The van der Waals surface area contributed by atoms with Crippen molar-refractivity contribution in [3.05, 3.63) is 21.8 Å². The van der Waals surface area contributed by atoms with E-state index in [1.807, 2.05) is 0 Å². The quantitative estimate of drug-likeness (QED) is 0.354. The molecule has 0 atom stereocenters. The largest absolute Gasteiger partial charge is 0.228 e. The number of azide groups is 1. The Labute approximate surface area is 55.2 Å². The molecule has 0 radical (unpaired) electrons. The lowest BCUT2D eigenvalue weighted by Gasteiger charge is -1.77. The first kappa shape index (κ1) is 6.00. The molecule has 1 rings (SSSR count). The first-order chi connectivity index (χ1) is 4.43. The third-order valence-electron chi connectivity index (χ3n) is 0.682. The second kappa shape index (κ2) is 3.01. The topological polar surface area (TPSA) is 74.5 Å². The van der Waals surface area contributed by atoms with Crippen molar-refractivity contribution in [2.45, 2.75) is 6.54 Å². The van der Waals surface area contributed by atoms with E-state index in [2.05, 4.69) is 19.4 Å². The standard InChI is InChI=1S/C3H3N5S/c4-8-6-1-3-5-2-9-7-3/h2H,1H2. The Morgan fingerprint density at radius 1 is 1.89 bits per heavy atom. The molecule has 0 aliphatic rings. The highest BCUT2D eigenvalue weighted by Crippen LogP contribution is 1.94. The highest BCUT2D eigenvalue weighted by Gasteiger charge is 1.90. The molecule has 9 heavy (non-hydrogen) atoms. The Balaban J connectivity index is 2.57. The van der Waals surface area contributed by atoms with Gasteiger partial charge in [-0.05, 0) is 17.1 Å².